The van der Waals surface area contributed by atoms with E-state index in [0.29, 0.717) is 18.4 Å². The van der Waals surface area contributed by atoms with Crippen molar-refractivity contribution in [1.29, 1.82) is 0 Å². The third-order valence-electron chi connectivity index (χ3n) is 3.56. The lowest BCUT2D eigenvalue weighted by Crippen LogP contribution is -2.41. The van der Waals surface area contributed by atoms with Gasteiger partial charge in [0, 0.05) is 24.1 Å². The molecule has 1 heterocycles. The Bertz CT molecular complexity index is 603. The lowest BCUT2D eigenvalue weighted by molar-refractivity contribution is 0.0928. The van der Waals surface area contributed by atoms with E-state index in [4.69, 9.17) is 11.6 Å². The minimum Gasteiger partial charge on any atom is -0.349 e. The summed E-state index contributed by atoms with van der Waals surface area (Å²) in [5.41, 5.74) is 0.437. The molecule has 1 aliphatic carbocycles. The number of hydrogen-bond donors (Lipinski definition) is 1. The standard InChI is InChI=1S/C13H17ClN2O3S/c1-20(18,19)11-4-2-3-10(8-11)16-13(17)9-5-6-15-12(14)7-9/h5-7,10-11H,2-4,8H2,1H3,(H,16,17)/t10-,11-/m0/s1. The molecule has 0 saturated heterocycles. The molecule has 1 N–H and O–H groups in total. The molecule has 110 valence electrons. The number of nitrogens with one attached hydrogen (secondary N) is 1. The third-order valence-corrected chi connectivity index (χ3v) is 5.40. The molecule has 0 bridgehead atoms. The molecular formula is C13H17ClN2O3S. The molecule has 0 aromatic carbocycles. The molecule has 2 rings (SSSR count). The van der Waals surface area contributed by atoms with Crippen molar-refractivity contribution in [2.75, 3.05) is 6.26 Å². The highest BCUT2D eigenvalue weighted by Crippen LogP contribution is 2.24. The summed E-state index contributed by atoms with van der Waals surface area (Å²) in [6.45, 7) is 0. The summed E-state index contributed by atoms with van der Waals surface area (Å²) < 4.78 is 23.2. The maximum Gasteiger partial charge on any atom is 0.251 e. The Labute approximate surface area is 123 Å². The van der Waals surface area contributed by atoms with E-state index in [2.05, 4.69) is 10.3 Å². The molecule has 0 unspecified atom stereocenters. The fraction of sp³-hybridized carbons (Fsp3) is 0.538. The molecule has 1 fully saturated rings. The lowest BCUT2D eigenvalue weighted by Gasteiger charge is -2.28. The molecule has 2 atom stereocenters. The molecule has 1 amide bonds. The Morgan fingerprint density at radius 3 is 2.85 bits per heavy atom. The van der Waals surface area contributed by atoms with Crippen molar-refractivity contribution >= 4 is 27.3 Å². The first kappa shape index (κ1) is 15.3. The van der Waals surface area contributed by atoms with E-state index in [1.165, 1.54) is 18.5 Å². The Morgan fingerprint density at radius 1 is 1.45 bits per heavy atom. The molecule has 20 heavy (non-hydrogen) atoms. The van der Waals surface area contributed by atoms with Gasteiger partial charge in [0.05, 0.1) is 5.25 Å². The molecule has 1 saturated carbocycles. The van der Waals surface area contributed by atoms with Gasteiger partial charge in [-0.15, -0.1) is 0 Å². The third kappa shape index (κ3) is 3.93. The van der Waals surface area contributed by atoms with Crippen LogP contribution in [0.25, 0.3) is 0 Å². The van der Waals surface area contributed by atoms with Crippen molar-refractivity contribution in [2.24, 2.45) is 0 Å². The molecule has 0 radical (unpaired) electrons. The Balaban J connectivity index is 2.01. The minimum absolute atomic E-state index is 0.108. The van der Waals surface area contributed by atoms with Gasteiger partial charge in [0.2, 0.25) is 0 Å². The first-order valence-electron chi connectivity index (χ1n) is 6.47. The summed E-state index contributed by atoms with van der Waals surface area (Å²) >= 11 is 5.74. The highest BCUT2D eigenvalue weighted by Gasteiger charge is 2.29. The van der Waals surface area contributed by atoms with Crippen LogP contribution in [0, 0.1) is 0 Å². The van der Waals surface area contributed by atoms with Gasteiger partial charge in [-0.2, -0.15) is 0 Å². The molecule has 1 aromatic heterocycles. The average molecular weight is 317 g/mol. The summed E-state index contributed by atoms with van der Waals surface area (Å²) in [4.78, 5) is 15.9. The van der Waals surface area contributed by atoms with Crippen molar-refractivity contribution in [3.8, 4) is 0 Å². The zero-order valence-corrected chi connectivity index (χ0v) is 12.7. The Hall–Kier alpha value is -1.14. The van der Waals surface area contributed by atoms with Crippen LogP contribution in [0.4, 0.5) is 0 Å². The quantitative estimate of drug-likeness (QED) is 0.863. The van der Waals surface area contributed by atoms with Crippen LogP contribution in [0.1, 0.15) is 36.0 Å². The van der Waals surface area contributed by atoms with Crippen LogP contribution < -0.4 is 5.32 Å². The van der Waals surface area contributed by atoms with Crippen molar-refractivity contribution in [2.45, 2.75) is 37.0 Å². The fourth-order valence-corrected chi connectivity index (χ4v) is 3.83. The second-order valence-electron chi connectivity index (χ2n) is 5.16. The Morgan fingerprint density at radius 2 is 2.20 bits per heavy atom. The van der Waals surface area contributed by atoms with Gasteiger partial charge in [0.15, 0.2) is 0 Å². The van der Waals surface area contributed by atoms with Crippen LogP contribution in [0.3, 0.4) is 0 Å². The maximum atomic E-state index is 12.1. The highest BCUT2D eigenvalue weighted by molar-refractivity contribution is 7.91. The largest absolute Gasteiger partial charge is 0.349 e. The molecule has 1 aliphatic rings. The fourth-order valence-electron chi connectivity index (χ4n) is 2.48. The van der Waals surface area contributed by atoms with Gasteiger partial charge in [0.25, 0.3) is 5.91 Å². The van der Waals surface area contributed by atoms with Crippen LogP contribution in [0.2, 0.25) is 5.15 Å². The second kappa shape index (κ2) is 6.10. The topological polar surface area (TPSA) is 76.1 Å². The van der Waals surface area contributed by atoms with Gasteiger partial charge < -0.3 is 5.32 Å². The Kier molecular flexibility index (Phi) is 4.65. The van der Waals surface area contributed by atoms with Gasteiger partial charge in [-0.05, 0) is 31.4 Å². The zero-order valence-electron chi connectivity index (χ0n) is 11.2. The van der Waals surface area contributed by atoms with Crippen LogP contribution >= 0.6 is 11.6 Å². The number of amides is 1. The summed E-state index contributed by atoms with van der Waals surface area (Å²) in [7, 11) is -3.05. The maximum absolute atomic E-state index is 12.1. The van der Waals surface area contributed by atoms with Crippen LogP contribution in [-0.4, -0.2) is 36.9 Å². The summed E-state index contributed by atoms with van der Waals surface area (Å²) in [6.07, 6.45) is 5.48. The van der Waals surface area contributed by atoms with Crippen molar-refractivity contribution < 1.29 is 13.2 Å². The van der Waals surface area contributed by atoms with E-state index in [1.807, 2.05) is 0 Å². The van der Waals surface area contributed by atoms with Crippen molar-refractivity contribution in [3.05, 3.63) is 29.0 Å². The number of carbonyl (C=O) groups excluding carboxylic acids is 1. The predicted octanol–water partition coefficient (Wildman–Crippen LogP) is 1.82. The van der Waals surface area contributed by atoms with E-state index in [-0.39, 0.29) is 22.4 Å². The van der Waals surface area contributed by atoms with E-state index >= 15 is 0 Å². The number of rotatable bonds is 3. The van der Waals surface area contributed by atoms with Gasteiger partial charge in [-0.25, -0.2) is 13.4 Å². The first-order chi connectivity index (χ1) is 9.36. The number of nitrogens with zero attached hydrogens (tertiary/aromatic N) is 1. The van der Waals surface area contributed by atoms with Crippen LogP contribution in [0.5, 0.6) is 0 Å². The minimum atomic E-state index is -3.05. The first-order valence-corrected chi connectivity index (χ1v) is 8.81. The second-order valence-corrected chi connectivity index (χ2v) is 7.87. The van der Waals surface area contributed by atoms with E-state index in [0.717, 1.165) is 12.8 Å². The normalized spacial score (nSPS) is 23.3. The van der Waals surface area contributed by atoms with Crippen molar-refractivity contribution in [1.82, 2.24) is 10.3 Å². The summed E-state index contributed by atoms with van der Waals surface area (Å²) in [5.74, 6) is -0.242. The molecule has 0 spiro atoms. The predicted molar refractivity (Wildman–Crippen MR) is 77.6 cm³/mol. The smallest absolute Gasteiger partial charge is 0.251 e. The van der Waals surface area contributed by atoms with Gasteiger partial charge in [-0.3, -0.25) is 4.79 Å². The SMILES string of the molecule is CS(=O)(=O)[C@H]1CCC[C@H](NC(=O)c2ccnc(Cl)c2)C1. The van der Waals surface area contributed by atoms with E-state index < -0.39 is 9.84 Å². The van der Waals surface area contributed by atoms with Gasteiger partial charge in [0.1, 0.15) is 15.0 Å². The number of pyridine rings is 1. The van der Waals surface area contributed by atoms with Gasteiger partial charge in [-0.1, -0.05) is 18.0 Å². The van der Waals surface area contributed by atoms with Crippen LogP contribution in [-0.2, 0) is 9.84 Å². The number of halogens is 1. The summed E-state index contributed by atoms with van der Waals surface area (Å²) in [5, 5.41) is 2.78. The van der Waals surface area contributed by atoms with E-state index in [1.54, 1.807) is 6.07 Å². The molecule has 0 aliphatic heterocycles. The molecule has 1 aromatic rings. The highest BCUT2D eigenvalue weighted by atomic mass is 35.5. The number of carbonyl (C=O) groups is 1. The molecule has 7 heteroatoms. The zero-order chi connectivity index (χ0) is 14.8. The number of aromatic nitrogens is 1. The number of hydrogen-bond acceptors (Lipinski definition) is 4. The number of sulfone groups is 1. The molecule has 5 nitrogen and oxygen atoms in total. The summed E-state index contributed by atoms with van der Waals surface area (Å²) in [6, 6.07) is 2.97. The monoisotopic (exact) mass is 316 g/mol. The van der Waals surface area contributed by atoms with Crippen LogP contribution in [0.15, 0.2) is 18.3 Å². The molecular weight excluding hydrogens is 300 g/mol. The average Bonchev–Trinajstić information content (AvgIpc) is 2.38. The van der Waals surface area contributed by atoms with Gasteiger partial charge >= 0.3 is 0 Å². The van der Waals surface area contributed by atoms with E-state index in [9.17, 15) is 13.2 Å². The van der Waals surface area contributed by atoms with Crippen molar-refractivity contribution in [3.63, 3.8) is 0 Å². The lowest BCUT2D eigenvalue weighted by atomic mass is 9.94.